The zero-order valence-corrected chi connectivity index (χ0v) is 12.5. The Morgan fingerprint density at radius 1 is 1.14 bits per heavy atom. The molecule has 2 aromatic carbocycles. The van der Waals surface area contributed by atoms with Gasteiger partial charge in [-0.1, -0.05) is 29.3 Å². The van der Waals surface area contributed by atoms with Crippen molar-refractivity contribution in [3.8, 4) is 11.5 Å². The van der Waals surface area contributed by atoms with E-state index < -0.39 is 0 Å². The molecule has 106 valence electrons. The number of ketones is 1. The van der Waals surface area contributed by atoms with Crippen LogP contribution in [0.25, 0.3) is 6.08 Å². The molecular weight excluding hydrogens is 311 g/mol. The molecule has 0 atom stereocenters. The monoisotopic (exact) mass is 320 g/mol. The lowest BCUT2D eigenvalue weighted by Gasteiger charge is -2.02. The van der Waals surface area contributed by atoms with E-state index >= 15 is 0 Å². The molecule has 3 nitrogen and oxygen atoms in total. The van der Waals surface area contributed by atoms with Crippen molar-refractivity contribution in [2.75, 3.05) is 7.11 Å². The Kier molecular flexibility index (Phi) is 3.62. The Morgan fingerprint density at radius 3 is 2.67 bits per heavy atom. The molecule has 0 bridgehead atoms. The van der Waals surface area contributed by atoms with E-state index in [2.05, 4.69) is 0 Å². The lowest BCUT2D eigenvalue weighted by molar-refractivity contribution is 0.101. The highest BCUT2D eigenvalue weighted by molar-refractivity contribution is 6.35. The SMILES string of the molecule is COc1ccc2c(c1)OC(=Cc1ccc(Cl)cc1Cl)C2=O. The summed E-state index contributed by atoms with van der Waals surface area (Å²) >= 11 is 12.0. The van der Waals surface area contributed by atoms with Crippen molar-refractivity contribution in [3.05, 3.63) is 63.3 Å². The van der Waals surface area contributed by atoms with E-state index in [1.807, 2.05) is 0 Å². The van der Waals surface area contributed by atoms with Crippen molar-refractivity contribution in [2.24, 2.45) is 0 Å². The number of carbonyl (C=O) groups is 1. The maximum Gasteiger partial charge on any atom is 0.231 e. The second-order valence-electron chi connectivity index (χ2n) is 4.47. The molecule has 1 aliphatic rings. The zero-order valence-electron chi connectivity index (χ0n) is 11.0. The first-order valence-corrected chi connectivity index (χ1v) is 6.91. The minimum absolute atomic E-state index is 0.182. The number of carbonyl (C=O) groups excluding carboxylic acids is 1. The van der Waals surface area contributed by atoms with Gasteiger partial charge in [0.15, 0.2) is 5.76 Å². The molecular formula is C16H10Cl2O3. The molecule has 0 spiro atoms. The molecule has 0 saturated heterocycles. The van der Waals surface area contributed by atoms with Crippen LogP contribution in [0.3, 0.4) is 0 Å². The van der Waals surface area contributed by atoms with Crippen LogP contribution in [0.4, 0.5) is 0 Å². The number of hydrogen-bond donors (Lipinski definition) is 0. The van der Waals surface area contributed by atoms with Crippen molar-refractivity contribution < 1.29 is 14.3 Å². The van der Waals surface area contributed by atoms with E-state index in [1.165, 1.54) is 0 Å². The Hall–Kier alpha value is -1.97. The topological polar surface area (TPSA) is 35.5 Å². The minimum atomic E-state index is -0.182. The molecule has 0 unspecified atom stereocenters. The molecule has 0 N–H and O–H groups in total. The maximum absolute atomic E-state index is 12.3. The molecule has 0 aromatic heterocycles. The summed E-state index contributed by atoms with van der Waals surface area (Å²) in [6.45, 7) is 0. The molecule has 0 radical (unpaired) electrons. The van der Waals surface area contributed by atoms with E-state index in [1.54, 1.807) is 49.6 Å². The molecule has 3 rings (SSSR count). The standard InChI is InChI=1S/C16H10Cl2O3/c1-20-11-4-5-12-14(8-11)21-15(16(12)19)6-9-2-3-10(17)7-13(9)18/h2-8H,1H3. The average Bonchev–Trinajstić information content (AvgIpc) is 2.78. The number of benzene rings is 2. The van der Waals surface area contributed by atoms with Gasteiger partial charge in [0.1, 0.15) is 11.5 Å². The summed E-state index contributed by atoms with van der Waals surface area (Å²) in [6, 6.07) is 10.1. The van der Waals surface area contributed by atoms with Gasteiger partial charge in [0.2, 0.25) is 5.78 Å². The van der Waals surface area contributed by atoms with Gasteiger partial charge in [0, 0.05) is 16.1 Å². The van der Waals surface area contributed by atoms with Gasteiger partial charge in [-0.25, -0.2) is 0 Å². The van der Waals surface area contributed by atoms with Crippen LogP contribution < -0.4 is 9.47 Å². The lowest BCUT2D eigenvalue weighted by Crippen LogP contribution is -1.98. The van der Waals surface area contributed by atoms with Crippen molar-refractivity contribution in [1.82, 2.24) is 0 Å². The van der Waals surface area contributed by atoms with Crippen LogP contribution >= 0.6 is 23.2 Å². The molecule has 21 heavy (non-hydrogen) atoms. The van der Waals surface area contributed by atoms with Crippen molar-refractivity contribution in [3.63, 3.8) is 0 Å². The number of rotatable bonds is 2. The van der Waals surface area contributed by atoms with Gasteiger partial charge in [0.05, 0.1) is 12.7 Å². The second-order valence-corrected chi connectivity index (χ2v) is 5.31. The molecule has 2 aromatic rings. The summed E-state index contributed by atoms with van der Waals surface area (Å²) in [6.07, 6.45) is 1.60. The number of allylic oxidation sites excluding steroid dienone is 1. The summed E-state index contributed by atoms with van der Waals surface area (Å²) in [5.41, 5.74) is 1.18. The zero-order chi connectivity index (χ0) is 15.0. The second kappa shape index (κ2) is 5.43. The third kappa shape index (κ3) is 2.62. The van der Waals surface area contributed by atoms with Crippen LogP contribution in [0, 0.1) is 0 Å². The van der Waals surface area contributed by atoms with Gasteiger partial charge in [-0.05, 0) is 35.9 Å². The van der Waals surface area contributed by atoms with Crippen LogP contribution in [-0.4, -0.2) is 12.9 Å². The van der Waals surface area contributed by atoms with Crippen LogP contribution in [0.2, 0.25) is 10.0 Å². The Labute approximate surface area is 131 Å². The minimum Gasteiger partial charge on any atom is -0.497 e. The third-order valence-corrected chi connectivity index (χ3v) is 3.69. The summed E-state index contributed by atoms with van der Waals surface area (Å²) < 4.78 is 10.7. The first-order chi connectivity index (χ1) is 10.1. The van der Waals surface area contributed by atoms with E-state index in [-0.39, 0.29) is 11.5 Å². The number of ether oxygens (including phenoxy) is 2. The normalized spacial score (nSPS) is 15.0. The fourth-order valence-electron chi connectivity index (χ4n) is 2.05. The Morgan fingerprint density at radius 2 is 1.95 bits per heavy atom. The summed E-state index contributed by atoms with van der Waals surface area (Å²) in [5.74, 6) is 1.16. The molecule has 1 aliphatic heterocycles. The third-order valence-electron chi connectivity index (χ3n) is 3.13. The van der Waals surface area contributed by atoms with Gasteiger partial charge < -0.3 is 9.47 Å². The van der Waals surface area contributed by atoms with Gasteiger partial charge in [-0.15, -0.1) is 0 Å². The summed E-state index contributed by atoms with van der Waals surface area (Å²) in [5, 5.41) is 0.994. The summed E-state index contributed by atoms with van der Waals surface area (Å²) in [7, 11) is 1.56. The molecule has 0 aliphatic carbocycles. The van der Waals surface area contributed by atoms with Gasteiger partial charge in [-0.3, -0.25) is 4.79 Å². The Bertz CT molecular complexity index is 766. The van der Waals surface area contributed by atoms with E-state index in [4.69, 9.17) is 32.7 Å². The number of Topliss-reactive ketones (excluding diaryl/α,β-unsaturated/α-hetero) is 1. The largest absolute Gasteiger partial charge is 0.497 e. The van der Waals surface area contributed by atoms with Crippen LogP contribution in [0.5, 0.6) is 11.5 Å². The van der Waals surface area contributed by atoms with Crippen LogP contribution in [-0.2, 0) is 0 Å². The van der Waals surface area contributed by atoms with E-state index in [0.29, 0.717) is 32.7 Å². The van der Waals surface area contributed by atoms with Gasteiger partial charge >= 0.3 is 0 Å². The highest BCUT2D eigenvalue weighted by atomic mass is 35.5. The number of hydrogen-bond acceptors (Lipinski definition) is 3. The fourth-order valence-corrected chi connectivity index (χ4v) is 2.52. The highest BCUT2D eigenvalue weighted by Crippen LogP contribution is 2.35. The first-order valence-electron chi connectivity index (χ1n) is 6.16. The van der Waals surface area contributed by atoms with Gasteiger partial charge in [-0.2, -0.15) is 0 Å². The molecule has 5 heteroatoms. The Balaban J connectivity index is 1.98. The van der Waals surface area contributed by atoms with Gasteiger partial charge in [0.25, 0.3) is 0 Å². The lowest BCUT2D eigenvalue weighted by atomic mass is 10.1. The number of fused-ring (bicyclic) bond motifs is 1. The number of methoxy groups -OCH3 is 1. The van der Waals surface area contributed by atoms with Crippen molar-refractivity contribution >= 4 is 35.1 Å². The predicted octanol–water partition coefficient (Wildman–Crippen LogP) is 4.62. The molecule has 0 fully saturated rings. The molecule has 0 amide bonds. The highest BCUT2D eigenvalue weighted by Gasteiger charge is 2.27. The van der Waals surface area contributed by atoms with Crippen LogP contribution in [0.15, 0.2) is 42.2 Å². The van der Waals surface area contributed by atoms with E-state index in [0.717, 1.165) is 0 Å². The fraction of sp³-hybridized carbons (Fsp3) is 0.0625. The molecule has 0 saturated carbocycles. The maximum atomic E-state index is 12.3. The first kappa shape index (κ1) is 14.0. The van der Waals surface area contributed by atoms with Crippen molar-refractivity contribution in [2.45, 2.75) is 0 Å². The molecule has 1 heterocycles. The predicted molar refractivity (Wildman–Crippen MR) is 82.4 cm³/mol. The number of halogens is 2. The average molecular weight is 321 g/mol. The smallest absolute Gasteiger partial charge is 0.231 e. The van der Waals surface area contributed by atoms with Crippen LogP contribution in [0.1, 0.15) is 15.9 Å². The van der Waals surface area contributed by atoms with E-state index in [9.17, 15) is 4.79 Å². The van der Waals surface area contributed by atoms with Crippen molar-refractivity contribution in [1.29, 1.82) is 0 Å². The quantitative estimate of drug-likeness (QED) is 0.757. The summed E-state index contributed by atoms with van der Waals surface area (Å²) in [4.78, 5) is 12.3.